The number of nitrogens with zero attached hydrogens (tertiary/aromatic N) is 2. The van der Waals surface area contributed by atoms with Crippen LogP contribution < -0.4 is 5.43 Å². The highest BCUT2D eigenvalue weighted by Gasteiger charge is 2.26. The highest BCUT2D eigenvalue weighted by molar-refractivity contribution is 5.20. The van der Waals surface area contributed by atoms with Crippen molar-refractivity contribution in [3.8, 4) is 0 Å². The van der Waals surface area contributed by atoms with Crippen molar-refractivity contribution in [2.24, 2.45) is 0 Å². The second-order valence-corrected chi connectivity index (χ2v) is 3.26. The van der Waals surface area contributed by atoms with Crippen LogP contribution in [0.3, 0.4) is 0 Å². The minimum atomic E-state index is -0.522. The van der Waals surface area contributed by atoms with Crippen LogP contribution in [-0.4, -0.2) is 23.5 Å². The molecular formula is C8H11N3O3. The van der Waals surface area contributed by atoms with Gasteiger partial charge < -0.3 is 4.42 Å². The summed E-state index contributed by atoms with van der Waals surface area (Å²) in [6.07, 6.45) is 0.904. The maximum Gasteiger partial charge on any atom is 0.433 e. The van der Waals surface area contributed by atoms with Crippen LogP contribution in [0, 0.1) is 10.1 Å². The van der Waals surface area contributed by atoms with Crippen molar-refractivity contribution in [2.45, 2.75) is 12.5 Å². The van der Waals surface area contributed by atoms with E-state index in [-0.39, 0.29) is 11.9 Å². The summed E-state index contributed by atoms with van der Waals surface area (Å²) in [7, 11) is 1.89. The van der Waals surface area contributed by atoms with E-state index in [4.69, 9.17) is 4.42 Å². The van der Waals surface area contributed by atoms with Crippen LogP contribution in [0.5, 0.6) is 0 Å². The number of nitro groups is 1. The van der Waals surface area contributed by atoms with Crippen LogP contribution >= 0.6 is 0 Å². The summed E-state index contributed by atoms with van der Waals surface area (Å²) in [5, 5.41) is 12.3. The smallest absolute Gasteiger partial charge is 0.404 e. The minimum Gasteiger partial charge on any atom is -0.404 e. The monoisotopic (exact) mass is 197 g/mol. The zero-order chi connectivity index (χ0) is 10.1. The maximum absolute atomic E-state index is 10.4. The quantitative estimate of drug-likeness (QED) is 0.567. The van der Waals surface area contributed by atoms with Crippen molar-refractivity contribution in [1.29, 1.82) is 0 Å². The largest absolute Gasteiger partial charge is 0.433 e. The van der Waals surface area contributed by atoms with Gasteiger partial charge in [0.2, 0.25) is 0 Å². The first kappa shape index (κ1) is 9.17. The summed E-state index contributed by atoms with van der Waals surface area (Å²) < 4.78 is 5.12. The molecule has 76 valence electrons. The number of hydrogen-bond acceptors (Lipinski definition) is 5. The fraction of sp³-hybridized carbons (Fsp3) is 0.500. The molecule has 2 rings (SSSR count). The Balaban J connectivity index is 2.20. The standard InChI is InChI=1S/C8H11N3O3/c1-10-6(4-5-9-10)7-2-3-8(14-7)11(12)13/h2-3,6,9H,4-5H2,1H3. The number of furan rings is 1. The average molecular weight is 197 g/mol. The second kappa shape index (κ2) is 3.39. The molecule has 0 amide bonds. The normalized spacial score (nSPS) is 22.8. The number of hydrazine groups is 1. The van der Waals surface area contributed by atoms with E-state index in [1.165, 1.54) is 6.07 Å². The Labute approximate surface area is 80.6 Å². The van der Waals surface area contributed by atoms with Gasteiger partial charge in [-0.1, -0.05) is 0 Å². The van der Waals surface area contributed by atoms with Gasteiger partial charge in [-0.25, -0.2) is 5.01 Å². The summed E-state index contributed by atoms with van der Waals surface area (Å²) in [5.74, 6) is 0.449. The van der Waals surface area contributed by atoms with Crippen LogP contribution in [0.15, 0.2) is 16.5 Å². The van der Waals surface area contributed by atoms with Gasteiger partial charge in [-0.3, -0.25) is 15.5 Å². The molecule has 1 saturated heterocycles. The highest BCUT2D eigenvalue weighted by Crippen LogP contribution is 2.29. The number of hydrogen-bond donors (Lipinski definition) is 1. The second-order valence-electron chi connectivity index (χ2n) is 3.26. The van der Waals surface area contributed by atoms with Crippen molar-refractivity contribution < 1.29 is 9.34 Å². The summed E-state index contributed by atoms with van der Waals surface area (Å²) in [6, 6.07) is 3.15. The Hall–Kier alpha value is -1.40. The molecule has 6 heteroatoms. The number of rotatable bonds is 2. The molecule has 0 spiro atoms. The molecule has 6 nitrogen and oxygen atoms in total. The van der Waals surface area contributed by atoms with Crippen LogP contribution in [0.25, 0.3) is 0 Å². The zero-order valence-corrected chi connectivity index (χ0v) is 7.77. The van der Waals surface area contributed by atoms with Crippen molar-refractivity contribution in [2.75, 3.05) is 13.6 Å². The lowest BCUT2D eigenvalue weighted by Gasteiger charge is -2.15. The third-order valence-electron chi connectivity index (χ3n) is 2.37. The van der Waals surface area contributed by atoms with Crippen molar-refractivity contribution in [1.82, 2.24) is 10.4 Å². The van der Waals surface area contributed by atoms with Crippen LogP contribution in [-0.2, 0) is 0 Å². The van der Waals surface area contributed by atoms with Gasteiger partial charge in [-0.2, -0.15) is 0 Å². The topological polar surface area (TPSA) is 71.5 Å². The molecular weight excluding hydrogens is 186 g/mol. The van der Waals surface area contributed by atoms with Crippen LogP contribution in [0.2, 0.25) is 0 Å². The van der Waals surface area contributed by atoms with E-state index in [1.54, 1.807) is 6.07 Å². The zero-order valence-electron chi connectivity index (χ0n) is 7.77. The maximum atomic E-state index is 10.4. The summed E-state index contributed by atoms with van der Waals surface area (Å²) in [6.45, 7) is 0.871. The minimum absolute atomic E-state index is 0.101. The van der Waals surface area contributed by atoms with Crippen molar-refractivity contribution in [3.05, 3.63) is 28.0 Å². The molecule has 14 heavy (non-hydrogen) atoms. The van der Waals surface area contributed by atoms with Gasteiger partial charge >= 0.3 is 5.88 Å². The molecule has 1 aromatic rings. The molecule has 0 aromatic carbocycles. The lowest BCUT2D eigenvalue weighted by atomic mass is 10.2. The third-order valence-corrected chi connectivity index (χ3v) is 2.37. The molecule has 1 aliphatic rings. The Morgan fingerprint density at radius 2 is 2.50 bits per heavy atom. The van der Waals surface area contributed by atoms with Crippen molar-refractivity contribution in [3.63, 3.8) is 0 Å². The molecule has 2 heterocycles. The molecule has 1 aromatic heterocycles. The van der Waals surface area contributed by atoms with Gasteiger partial charge in [0, 0.05) is 13.6 Å². The van der Waals surface area contributed by atoms with E-state index in [0.717, 1.165) is 13.0 Å². The van der Waals surface area contributed by atoms with Gasteiger partial charge in [0.15, 0.2) is 0 Å². The molecule has 0 saturated carbocycles. The third kappa shape index (κ3) is 1.49. The lowest BCUT2D eigenvalue weighted by molar-refractivity contribution is -0.402. The van der Waals surface area contributed by atoms with Crippen LogP contribution in [0.4, 0.5) is 5.88 Å². The van der Waals surface area contributed by atoms with Crippen LogP contribution in [0.1, 0.15) is 18.2 Å². The van der Waals surface area contributed by atoms with E-state index in [9.17, 15) is 10.1 Å². The van der Waals surface area contributed by atoms with Crippen molar-refractivity contribution >= 4 is 5.88 Å². The first-order chi connectivity index (χ1) is 6.68. The van der Waals surface area contributed by atoms with E-state index < -0.39 is 4.92 Å². The Morgan fingerprint density at radius 1 is 1.71 bits per heavy atom. The summed E-state index contributed by atoms with van der Waals surface area (Å²) >= 11 is 0. The van der Waals surface area contributed by atoms with Gasteiger partial charge in [-0.05, 0) is 12.5 Å². The van der Waals surface area contributed by atoms with E-state index in [0.29, 0.717) is 5.76 Å². The Morgan fingerprint density at radius 3 is 3.00 bits per heavy atom. The first-order valence-corrected chi connectivity index (χ1v) is 4.39. The van der Waals surface area contributed by atoms with E-state index in [1.807, 2.05) is 12.1 Å². The molecule has 0 aliphatic carbocycles. The SMILES string of the molecule is CN1NCCC1c1ccc([N+](=O)[O-])o1. The molecule has 1 fully saturated rings. The predicted molar refractivity (Wildman–Crippen MR) is 48.5 cm³/mol. The van der Waals surface area contributed by atoms with E-state index >= 15 is 0 Å². The van der Waals surface area contributed by atoms with Gasteiger partial charge in [0.05, 0.1) is 12.1 Å². The Bertz CT molecular complexity index is 349. The fourth-order valence-corrected chi connectivity index (χ4v) is 1.63. The first-order valence-electron chi connectivity index (χ1n) is 4.39. The lowest BCUT2D eigenvalue weighted by Crippen LogP contribution is -2.27. The molecule has 1 atom stereocenters. The fourth-order valence-electron chi connectivity index (χ4n) is 1.63. The molecule has 0 bridgehead atoms. The van der Waals surface area contributed by atoms with Gasteiger partial charge in [-0.15, -0.1) is 0 Å². The molecule has 1 unspecified atom stereocenters. The molecule has 0 radical (unpaired) electrons. The Kier molecular flexibility index (Phi) is 2.22. The van der Waals surface area contributed by atoms with Gasteiger partial charge in [0.25, 0.3) is 0 Å². The number of nitrogens with one attached hydrogen (secondary N) is 1. The molecule has 1 N–H and O–H groups in total. The predicted octanol–water partition coefficient (Wildman–Crippen LogP) is 1.07. The van der Waals surface area contributed by atoms with Gasteiger partial charge in [0.1, 0.15) is 10.7 Å². The highest BCUT2D eigenvalue weighted by atomic mass is 16.6. The molecule has 1 aliphatic heterocycles. The van der Waals surface area contributed by atoms with E-state index in [2.05, 4.69) is 5.43 Å². The average Bonchev–Trinajstić information content (AvgIpc) is 2.71. The summed E-state index contributed by atoms with van der Waals surface area (Å²) in [5.41, 5.74) is 3.11. The summed E-state index contributed by atoms with van der Waals surface area (Å²) in [4.78, 5) is 9.87.